The molecule has 0 aliphatic heterocycles. The van der Waals surface area contributed by atoms with Crippen molar-refractivity contribution in [1.29, 1.82) is 0 Å². The lowest BCUT2D eigenvalue weighted by Crippen LogP contribution is -2.13. The van der Waals surface area contributed by atoms with Crippen molar-refractivity contribution in [3.8, 4) is 22.5 Å². The van der Waals surface area contributed by atoms with Crippen LogP contribution in [0.2, 0.25) is 5.28 Å². The van der Waals surface area contributed by atoms with Crippen LogP contribution in [0.3, 0.4) is 0 Å². The first-order valence-electron chi connectivity index (χ1n) is 9.26. The van der Waals surface area contributed by atoms with Crippen LogP contribution in [0.4, 0.5) is 5.69 Å². The summed E-state index contributed by atoms with van der Waals surface area (Å²) in [6.45, 7) is 4.12. The highest BCUT2D eigenvalue weighted by molar-refractivity contribution is 6.28. The highest BCUT2D eigenvalue weighted by atomic mass is 35.5. The van der Waals surface area contributed by atoms with Gasteiger partial charge in [-0.3, -0.25) is 9.78 Å². The van der Waals surface area contributed by atoms with Crippen LogP contribution in [0.5, 0.6) is 0 Å². The van der Waals surface area contributed by atoms with Crippen molar-refractivity contribution < 1.29 is 4.79 Å². The summed E-state index contributed by atoms with van der Waals surface area (Å²) in [4.78, 5) is 24.9. The van der Waals surface area contributed by atoms with Crippen LogP contribution in [0.1, 0.15) is 30.4 Å². The minimum Gasteiger partial charge on any atom is -0.321 e. The Balaban J connectivity index is 1.57. The van der Waals surface area contributed by atoms with E-state index in [9.17, 15) is 4.79 Å². The Morgan fingerprint density at radius 1 is 1.03 bits per heavy atom. The first-order chi connectivity index (χ1) is 14.5. The van der Waals surface area contributed by atoms with E-state index in [-0.39, 0.29) is 22.9 Å². The second-order valence-electron chi connectivity index (χ2n) is 6.86. The highest BCUT2D eigenvalue weighted by Crippen LogP contribution is 2.24. The second kappa shape index (κ2) is 8.38. The van der Waals surface area contributed by atoms with Crippen molar-refractivity contribution in [2.75, 3.05) is 5.32 Å². The maximum absolute atomic E-state index is 12.8. The number of halogens is 1. The van der Waals surface area contributed by atoms with E-state index in [0.717, 1.165) is 22.5 Å². The molecule has 3 aromatic heterocycles. The quantitative estimate of drug-likeness (QED) is 0.484. The van der Waals surface area contributed by atoms with Gasteiger partial charge in [0.25, 0.3) is 5.91 Å². The van der Waals surface area contributed by atoms with Crippen LogP contribution in [0.15, 0.2) is 61.3 Å². The predicted octanol–water partition coefficient (Wildman–Crippen LogP) is 4.28. The lowest BCUT2D eigenvalue weighted by Gasteiger charge is -2.11. The topological polar surface area (TPSA) is 98.5 Å². The molecule has 150 valence electrons. The summed E-state index contributed by atoms with van der Waals surface area (Å²) < 4.78 is 1.97. The third-order valence-corrected chi connectivity index (χ3v) is 4.65. The first kappa shape index (κ1) is 19.7. The molecule has 0 saturated carbocycles. The zero-order chi connectivity index (χ0) is 21.1. The zero-order valence-electron chi connectivity index (χ0n) is 16.3. The summed E-state index contributed by atoms with van der Waals surface area (Å²) in [5.41, 5.74) is 3.28. The summed E-state index contributed by atoms with van der Waals surface area (Å²) in [6.07, 6.45) is 6.46. The van der Waals surface area contributed by atoms with Gasteiger partial charge in [-0.15, -0.1) is 10.2 Å². The predicted molar refractivity (Wildman–Crippen MR) is 114 cm³/mol. The number of carbonyl (C=O) groups is 1. The number of hydrogen-bond acceptors (Lipinski definition) is 6. The molecule has 30 heavy (non-hydrogen) atoms. The molecule has 0 bridgehead atoms. The smallest absolute Gasteiger partial charge is 0.274 e. The summed E-state index contributed by atoms with van der Waals surface area (Å²) in [5, 5.41) is 11.3. The van der Waals surface area contributed by atoms with Crippen LogP contribution in [-0.4, -0.2) is 35.6 Å². The number of pyridine rings is 1. The Bertz CT molecular complexity index is 1190. The summed E-state index contributed by atoms with van der Waals surface area (Å²) in [7, 11) is 0. The van der Waals surface area contributed by atoms with E-state index >= 15 is 0 Å². The Morgan fingerprint density at radius 2 is 1.83 bits per heavy atom. The van der Waals surface area contributed by atoms with Gasteiger partial charge in [-0.2, -0.15) is 0 Å². The van der Waals surface area contributed by atoms with Gasteiger partial charge in [0.2, 0.25) is 5.28 Å². The lowest BCUT2D eigenvalue weighted by molar-refractivity contribution is 0.102. The fourth-order valence-corrected chi connectivity index (χ4v) is 3.05. The molecule has 1 N–H and O–H groups in total. The Morgan fingerprint density at radius 3 is 2.60 bits per heavy atom. The van der Waals surface area contributed by atoms with Gasteiger partial charge in [-0.1, -0.05) is 12.1 Å². The number of carbonyl (C=O) groups excluding carboxylic acids is 1. The zero-order valence-corrected chi connectivity index (χ0v) is 17.1. The SMILES string of the molecule is CC(C)n1cnnc1-c1cccc(NC(=O)c2cc(-c3cnc(Cl)nc3)ccn2)c1. The minimum atomic E-state index is -0.325. The molecular formula is C21H18ClN7O. The molecule has 8 nitrogen and oxygen atoms in total. The molecule has 0 spiro atoms. The van der Waals surface area contributed by atoms with Crippen LogP contribution in [-0.2, 0) is 0 Å². The van der Waals surface area contributed by atoms with E-state index in [0.29, 0.717) is 5.69 Å². The fraction of sp³-hybridized carbons (Fsp3) is 0.143. The number of hydrogen-bond donors (Lipinski definition) is 1. The van der Waals surface area contributed by atoms with Gasteiger partial charge in [0, 0.05) is 41.4 Å². The van der Waals surface area contributed by atoms with Crippen molar-refractivity contribution in [2.24, 2.45) is 0 Å². The van der Waals surface area contributed by atoms with Gasteiger partial charge in [-0.25, -0.2) is 9.97 Å². The average Bonchev–Trinajstić information content (AvgIpc) is 3.25. The number of anilines is 1. The average molecular weight is 420 g/mol. The van der Waals surface area contributed by atoms with Gasteiger partial charge in [0.1, 0.15) is 12.0 Å². The monoisotopic (exact) mass is 419 g/mol. The number of benzene rings is 1. The highest BCUT2D eigenvalue weighted by Gasteiger charge is 2.13. The number of amides is 1. The molecule has 3 heterocycles. The number of nitrogens with zero attached hydrogens (tertiary/aromatic N) is 6. The number of aromatic nitrogens is 6. The Hall–Kier alpha value is -3.65. The van der Waals surface area contributed by atoms with Gasteiger partial charge < -0.3 is 9.88 Å². The van der Waals surface area contributed by atoms with E-state index in [2.05, 4.69) is 44.3 Å². The van der Waals surface area contributed by atoms with Crippen LogP contribution in [0, 0.1) is 0 Å². The molecule has 1 amide bonds. The number of nitrogens with one attached hydrogen (secondary N) is 1. The first-order valence-corrected chi connectivity index (χ1v) is 9.64. The van der Waals surface area contributed by atoms with E-state index in [4.69, 9.17) is 11.6 Å². The Labute approximate surface area is 178 Å². The lowest BCUT2D eigenvalue weighted by atomic mass is 10.1. The van der Waals surface area contributed by atoms with Crippen molar-refractivity contribution in [3.05, 3.63) is 72.3 Å². The molecule has 0 saturated heterocycles. The Kier molecular flexibility index (Phi) is 5.49. The summed E-state index contributed by atoms with van der Waals surface area (Å²) in [6, 6.07) is 11.1. The van der Waals surface area contributed by atoms with Crippen molar-refractivity contribution in [3.63, 3.8) is 0 Å². The fourth-order valence-electron chi connectivity index (χ4n) is 2.95. The van der Waals surface area contributed by atoms with E-state index < -0.39 is 0 Å². The molecule has 0 fully saturated rings. The maximum Gasteiger partial charge on any atom is 0.274 e. The van der Waals surface area contributed by atoms with Gasteiger partial charge in [0.15, 0.2) is 5.82 Å². The molecule has 0 unspecified atom stereocenters. The van der Waals surface area contributed by atoms with Crippen LogP contribution in [0.25, 0.3) is 22.5 Å². The molecule has 1 aromatic carbocycles. The molecule has 9 heteroatoms. The third kappa shape index (κ3) is 4.18. The van der Waals surface area contributed by atoms with Crippen LogP contribution >= 0.6 is 11.6 Å². The molecule has 4 aromatic rings. The third-order valence-electron chi connectivity index (χ3n) is 4.45. The van der Waals surface area contributed by atoms with E-state index in [1.807, 2.05) is 28.8 Å². The molecule has 4 rings (SSSR count). The van der Waals surface area contributed by atoms with Crippen molar-refractivity contribution in [2.45, 2.75) is 19.9 Å². The van der Waals surface area contributed by atoms with Gasteiger partial charge in [0.05, 0.1) is 0 Å². The van der Waals surface area contributed by atoms with E-state index in [1.165, 1.54) is 0 Å². The molecule has 0 radical (unpaired) electrons. The molecular weight excluding hydrogens is 402 g/mol. The maximum atomic E-state index is 12.8. The molecule has 0 atom stereocenters. The molecule has 0 aliphatic rings. The number of rotatable bonds is 5. The summed E-state index contributed by atoms with van der Waals surface area (Å²) in [5.74, 6) is 0.415. The van der Waals surface area contributed by atoms with Crippen molar-refractivity contribution in [1.82, 2.24) is 29.7 Å². The largest absolute Gasteiger partial charge is 0.321 e. The summed E-state index contributed by atoms with van der Waals surface area (Å²) >= 11 is 5.74. The van der Waals surface area contributed by atoms with Crippen LogP contribution < -0.4 is 5.32 Å². The van der Waals surface area contributed by atoms with Gasteiger partial charge >= 0.3 is 0 Å². The van der Waals surface area contributed by atoms with E-state index in [1.54, 1.807) is 37.1 Å². The minimum absolute atomic E-state index is 0.166. The second-order valence-corrected chi connectivity index (χ2v) is 7.20. The normalized spacial score (nSPS) is 10.9. The standard InChI is InChI=1S/C21H18ClN7O/c1-13(2)29-12-26-28-19(29)15-4-3-5-17(8-15)27-20(30)18-9-14(6-7-23-18)16-10-24-21(22)25-11-16/h3-13H,1-2H3,(H,27,30). The molecule has 0 aliphatic carbocycles. The van der Waals surface area contributed by atoms with Crippen molar-refractivity contribution >= 4 is 23.2 Å². The van der Waals surface area contributed by atoms with Gasteiger partial charge in [-0.05, 0) is 55.3 Å².